The zero-order valence-electron chi connectivity index (χ0n) is 15.0. The monoisotopic (exact) mass is 394 g/mol. The number of carbonyl (C=O) groups is 1. The molecule has 26 heavy (non-hydrogen) atoms. The van der Waals surface area contributed by atoms with Gasteiger partial charge in [0.25, 0.3) is 0 Å². The van der Waals surface area contributed by atoms with E-state index in [2.05, 4.69) is 5.10 Å². The average molecular weight is 395 g/mol. The molecule has 2 aromatic rings. The van der Waals surface area contributed by atoms with Crippen LogP contribution in [0.5, 0.6) is 0 Å². The Morgan fingerprint density at radius 3 is 2.46 bits per heavy atom. The van der Waals surface area contributed by atoms with Gasteiger partial charge in [-0.25, -0.2) is 8.42 Å². The number of sulfonamides is 1. The quantitative estimate of drug-likeness (QED) is 0.739. The number of carbonyl (C=O) groups excluding carboxylic acids is 1. The molecule has 1 fully saturated rings. The second kappa shape index (κ2) is 7.34. The third kappa shape index (κ3) is 3.89. The highest BCUT2D eigenvalue weighted by Gasteiger charge is 2.31. The van der Waals surface area contributed by atoms with E-state index in [1.165, 1.54) is 21.7 Å². The van der Waals surface area contributed by atoms with E-state index < -0.39 is 10.0 Å². The minimum absolute atomic E-state index is 0.117. The average Bonchev–Trinajstić information content (AvgIpc) is 3.17. The molecule has 1 aliphatic rings. The third-order valence-corrected chi connectivity index (χ3v) is 7.43. The number of hydrogen-bond acceptors (Lipinski definition) is 5. The molecular formula is C17H22N4O3S2. The van der Waals surface area contributed by atoms with Crippen molar-refractivity contribution in [3.05, 3.63) is 39.9 Å². The fourth-order valence-corrected chi connectivity index (χ4v) is 5.90. The van der Waals surface area contributed by atoms with Gasteiger partial charge in [-0.05, 0) is 26.0 Å². The zero-order valence-corrected chi connectivity index (χ0v) is 16.7. The van der Waals surface area contributed by atoms with Crippen LogP contribution in [0.2, 0.25) is 0 Å². The Hall–Kier alpha value is -1.97. The Kier molecular flexibility index (Phi) is 5.31. The van der Waals surface area contributed by atoms with Crippen molar-refractivity contribution in [3.63, 3.8) is 0 Å². The first kappa shape index (κ1) is 18.8. The molecule has 0 aromatic carbocycles. The molecule has 0 spiro atoms. The summed E-state index contributed by atoms with van der Waals surface area (Å²) in [7, 11) is -1.68. The smallest absolute Gasteiger partial charge is 0.246 e. The second-order valence-corrected chi connectivity index (χ2v) is 9.65. The predicted octanol–water partition coefficient (Wildman–Crippen LogP) is 1.64. The number of rotatable bonds is 4. The molecular weight excluding hydrogens is 372 g/mol. The van der Waals surface area contributed by atoms with Gasteiger partial charge in [-0.3, -0.25) is 9.48 Å². The second-order valence-electron chi connectivity index (χ2n) is 6.29. The highest BCUT2D eigenvalue weighted by atomic mass is 32.2. The van der Waals surface area contributed by atoms with Gasteiger partial charge in [-0.1, -0.05) is 0 Å². The van der Waals surface area contributed by atoms with Gasteiger partial charge >= 0.3 is 0 Å². The summed E-state index contributed by atoms with van der Waals surface area (Å²) in [6.07, 6.45) is 6.72. The molecule has 9 heteroatoms. The SMILES string of the molecule is Cc1cc(S(=O)(=O)N2CCN(C(=O)/C=C/c3cnn(C)c3)CC2)c(C)s1. The standard InChI is InChI=1S/C17H22N4O3S2/c1-13-10-16(14(2)25-13)26(23,24)21-8-6-20(7-9-21)17(22)5-4-15-11-18-19(3)12-15/h4-5,10-12H,6-9H2,1-3H3/b5-4+. The van der Waals surface area contributed by atoms with Crippen LogP contribution in [0, 0.1) is 13.8 Å². The zero-order chi connectivity index (χ0) is 18.9. The predicted molar refractivity (Wildman–Crippen MR) is 101 cm³/mol. The minimum atomic E-state index is -3.50. The van der Waals surface area contributed by atoms with E-state index in [9.17, 15) is 13.2 Å². The number of piperazine rings is 1. The van der Waals surface area contributed by atoms with Crippen molar-refractivity contribution in [2.24, 2.45) is 7.05 Å². The summed E-state index contributed by atoms with van der Waals surface area (Å²) >= 11 is 1.49. The highest BCUT2D eigenvalue weighted by molar-refractivity contribution is 7.89. The summed E-state index contributed by atoms with van der Waals surface area (Å²) in [5, 5.41) is 4.05. The highest BCUT2D eigenvalue weighted by Crippen LogP contribution is 2.28. The van der Waals surface area contributed by atoms with Crippen LogP contribution in [0.3, 0.4) is 0 Å². The third-order valence-electron chi connectivity index (χ3n) is 4.31. The Morgan fingerprint density at radius 2 is 1.92 bits per heavy atom. The first-order valence-electron chi connectivity index (χ1n) is 8.30. The summed E-state index contributed by atoms with van der Waals surface area (Å²) in [4.78, 5) is 16.2. The van der Waals surface area contributed by atoms with E-state index in [1.54, 1.807) is 27.9 Å². The van der Waals surface area contributed by atoms with Gasteiger partial charge in [-0.15, -0.1) is 11.3 Å². The van der Waals surface area contributed by atoms with Crippen molar-refractivity contribution in [3.8, 4) is 0 Å². The molecule has 0 N–H and O–H groups in total. The lowest BCUT2D eigenvalue weighted by molar-refractivity contribution is -0.127. The van der Waals surface area contributed by atoms with Crippen molar-refractivity contribution in [1.82, 2.24) is 19.0 Å². The molecule has 0 radical (unpaired) electrons. The van der Waals surface area contributed by atoms with Crippen molar-refractivity contribution in [2.75, 3.05) is 26.2 Å². The summed E-state index contributed by atoms with van der Waals surface area (Å²) in [5.41, 5.74) is 0.852. The van der Waals surface area contributed by atoms with Crippen molar-refractivity contribution < 1.29 is 13.2 Å². The van der Waals surface area contributed by atoms with E-state index >= 15 is 0 Å². The number of thiophene rings is 1. The van der Waals surface area contributed by atoms with E-state index in [4.69, 9.17) is 0 Å². The Bertz CT molecular complexity index is 935. The topological polar surface area (TPSA) is 75.5 Å². The maximum absolute atomic E-state index is 12.8. The van der Waals surface area contributed by atoms with Crippen LogP contribution >= 0.6 is 11.3 Å². The number of nitrogens with zero attached hydrogens (tertiary/aromatic N) is 4. The molecule has 0 atom stereocenters. The molecule has 0 unspecified atom stereocenters. The van der Waals surface area contributed by atoms with Gasteiger partial charge < -0.3 is 4.90 Å². The number of amides is 1. The van der Waals surface area contributed by atoms with Gasteiger partial charge in [0, 0.05) is 60.8 Å². The molecule has 0 bridgehead atoms. The van der Waals surface area contributed by atoms with Crippen molar-refractivity contribution >= 4 is 33.3 Å². The maximum Gasteiger partial charge on any atom is 0.246 e. The molecule has 3 heterocycles. The largest absolute Gasteiger partial charge is 0.337 e. The summed E-state index contributed by atoms with van der Waals surface area (Å²) in [5.74, 6) is -0.117. The van der Waals surface area contributed by atoms with E-state index in [-0.39, 0.29) is 5.91 Å². The van der Waals surface area contributed by atoms with Gasteiger partial charge in [0.05, 0.1) is 11.1 Å². The summed E-state index contributed by atoms with van der Waals surface area (Å²) in [6.45, 7) is 5.12. The number of aromatic nitrogens is 2. The van der Waals surface area contributed by atoms with Gasteiger partial charge in [-0.2, -0.15) is 9.40 Å². The van der Waals surface area contributed by atoms with E-state index in [0.29, 0.717) is 31.1 Å². The lowest BCUT2D eigenvalue weighted by atomic mass is 10.3. The Labute approximate surface area is 157 Å². The van der Waals surface area contributed by atoms with Gasteiger partial charge in [0.15, 0.2) is 0 Å². The fraction of sp³-hybridized carbons (Fsp3) is 0.412. The van der Waals surface area contributed by atoms with Gasteiger partial charge in [0.2, 0.25) is 15.9 Å². The molecule has 3 rings (SSSR count). The van der Waals surface area contributed by atoms with Crippen molar-refractivity contribution in [2.45, 2.75) is 18.7 Å². The number of aryl methyl sites for hydroxylation is 3. The molecule has 140 valence electrons. The lowest BCUT2D eigenvalue weighted by Gasteiger charge is -2.33. The number of hydrogen-bond donors (Lipinski definition) is 0. The van der Waals surface area contributed by atoms with Crippen LogP contribution in [0.25, 0.3) is 6.08 Å². The first-order valence-corrected chi connectivity index (χ1v) is 10.6. The lowest BCUT2D eigenvalue weighted by Crippen LogP contribution is -2.50. The van der Waals surface area contributed by atoms with E-state index in [1.807, 2.05) is 27.1 Å². The molecule has 1 amide bonds. The van der Waals surface area contributed by atoms with Crippen molar-refractivity contribution in [1.29, 1.82) is 0 Å². The normalized spacial score (nSPS) is 16.5. The van der Waals surface area contributed by atoms with Crippen LogP contribution in [0.4, 0.5) is 0 Å². The van der Waals surface area contributed by atoms with Crippen LogP contribution in [0.15, 0.2) is 29.4 Å². The van der Waals surface area contributed by atoms with Crippen LogP contribution in [-0.2, 0) is 21.9 Å². The Morgan fingerprint density at radius 1 is 1.23 bits per heavy atom. The van der Waals surface area contributed by atoms with Gasteiger partial charge in [0.1, 0.15) is 0 Å². The molecule has 0 saturated carbocycles. The summed E-state index contributed by atoms with van der Waals surface area (Å²) in [6, 6.07) is 1.73. The van der Waals surface area contributed by atoms with Crippen LogP contribution in [0.1, 0.15) is 15.3 Å². The molecule has 7 nitrogen and oxygen atoms in total. The first-order chi connectivity index (χ1) is 12.3. The molecule has 1 saturated heterocycles. The minimum Gasteiger partial charge on any atom is -0.337 e. The molecule has 0 aliphatic carbocycles. The van der Waals surface area contributed by atoms with Crippen LogP contribution < -0.4 is 0 Å². The Balaban J connectivity index is 1.62. The maximum atomic E-state index is 12.8. The molecule has 2 aromatic heterocycles. The summed E-state index contributed by atoms with van der Waals surface area (Å²) < 4.78 is 28.8. The molecule has 1 aliphatic heterocycles. The fourth-order valence-electron chi connectivity index (χ4n) is 2.95. The van der Waals surface area contributed by atoms with E-state index in [0.717, 1.165) is 15.3 Å². The van der Waals surface area contributed by atoms with Crippen LogP contribution in [-0.4, -0.2) is 59.5 Å².